The van der Waals surface area contributed by atoms with Crippen molar-refractivity contribution in [3.63, 3.8) is 0 Å². The predicted molar refractivity (Wildman–Crippen MR) is 53.2 cm³/mol. The number of hydrogen-bond donors (Lipinski definition) is 1. The maximum atomic E-state index is 13.2. The molecule has 76 valence electrons. The molecule has 0 bridgehead atoms. The average molecular weight is 194 g/mol. The van der Waals surface area contributed by atoms with Crippen LogP contribution in [0.15, 0.2) is 18.5 Å². The molecule has 1 aliphatic rings. The quantitative estimate of drug-likeness (QED) is 0.795. The second-order valence-corrected chi connectivity index (χ2v) is 4.01. The number of aromatic nitrogens is 1. The summed E-state index contributed by atoms with van der Waals surface area (Å²) in [5.41, 5.74) is 6.67. The smallest absolute Gasteiger partial charge is 0.144 e. The van der Waals surface area contributed by atoms with Gasteiger partial charge in [-0.15, -0.1) is 0 Å². The molecule has 1 aromatic rings. The van der Waals surface area contributed by atoms with Crippen LogP contribution in [0.5, 0.6) is 0 Å². The summed E-state index contributed by atoms with van der Waals surface area (Å²) in [6, 6.07) is 1.98. The Kier molecular flexibility index (Phi) is 2.77. The van der Waals surface area contributed by atoms with E-state index in [-0.39, 0.29) is 11.9 Å². The van der Waals surface area contributed by atoms with E-state index in [2.05, 4.69) is 4.98 Å². The van der Waals surface area contributed by atoms with Crippen molar-refractivity contribution in [2.45, 2.75) is 31.7 Å². The van der Waals surface area contributed by atoms with Gasteiger partial charge >= 0.3 is 0 Å². The maximum Gasteiger partial charge on any atom is 0.144 e. The highest BCUT2D eigenvalue weighted by atomic mass is 19.1. The zero-order chi connectivity index (χ0) is 9.97. The monoisotopic (exact) mass is 194 g/mol. The third kappa shape index (κ3) is 2.29. The van der Waals surface area contributed by atoms with Crippen LogP contribution in [0.2, 0.25) is 0 Å². The van der Waals surface area contributed by atoms with Gasteiger partial charge in [0.05, 0.1) is 6.20 Å². The van der Waals surface area contributed by atoms with Gasteiger partial charge in [-0.3, -0.25) is 4.98 Å². The molecule has 14 heavy (non-hydrogen) atoms. The van der Waals surface area contributed by atoms with E-state index in [1.807, 2.05) is 0 Å². The Morgan fingerprint density at radius 1 is 1.57 bits per heavy atom. The molecule has 0 amide bonds. The molecular weight excluding hydrogens is 179 g/mol. The van der Waals surface area contributed by atoms with Gasteiger partial charge in [0.1, 0.15) is 5.82 Å². The molecule has 0 aliphatic heterocycles. The Bertz CT molecular complexity index is 310. The van der Waals surface area contributed by atoms with E-state index in [0.29, 0.717) is 5.92 Å². The molecule has 1 saturated carbocycles. The summed E-state index contributed by atoms with van der Waals surface area (Å²) in [5.74, 6) is 0.482. The van der Waals surface area contributed by atoms with Crippen molar-refractivity contribution in [1.82, 2.24) is 4.98 Å². The summed E-state index contributed by atoms with van der Waals surface area (Å²) >= 11 is 0. The van der Waals surface area contributed by atoms with E-state index >= 15 is 0 Å². The van der Waals surface area contributed by atoms with Crippen molar-refractivity contribution in [1.29, 1.82) is 0 Å². The Morgan fingerprint density at radius 3 is 3.00 bits per heavy atom. The Morgan fingerprint density at radius 2 is 2.36 bits per heavy atom. The third-order valence-electron chi connectivity index (χ3n) is 2.83. The van der Waals surface area contributed by atoms with Gasteiger partial charge in [0.15, 0.2) is 0 Å². The highest BCUT2D eigenvalue weighted by Gasteiger charge is 2.27. The number of rotatable bonds is 4. The molecule has 2 nitrogen and oxygen atoms in total. The van der Waals surface area contributed by atoms with Gasteiger partial charge in [-0.05, 0) is 43.2 Å². The number of hydrogen-bond acceptors (Lipinski definition) is 2. The fourth-order valence-corrected chi connectivity index (χ4v) is 1.69. The molecule has 0 spiro atoms. The largest absolute Gasteiger partial charge is 0.327 e. The van der Waals surface area contributed by atoms with Gasteiger partial charge in [-0.1, -0.05) is 0 Å². The molecule has 0 radical (unpaired) electrons. The molecule has 1 fully saturated rings. The van der Waals surface area contributed by atoms with Gasteiger partial charge < -0.3 is 5.73 Å². The number of aryl methyl sites for hydroxylation is 1. The Labute approximate surface area is 83.3 Å². The van der Waals surface area contributed by atoms with Crippen molar-refractivity contribution in [3.05, 3.63) is 29.8 Å². The van der Waals surface area contributed by atoms with E-state index < -0.39 is 0 Å². The van der Waals surface area contributed by atoms with Crippen LogP contribution < -0.4 is 5.73 Å². The Hall–Kier alpha value is -0.960. The molecule has 1 aromatic heterocycles. The standard InChI is InChI=1S/C11H15FN2/c12-10-7-14-6-5-8(10)3-4-11(13)9-1-2-9/h5-7,9,11H,1-4,13H2. The summed E-state index contributed by atoms with van der Waals surface area (Å²) in [4.78, 5) is 3.71. The van der Waals surface area contributed by atoms with Gasteiger partial charge in [0.2, 0.25) is 0 Å². The number of halogens is 1. The average Bonchev–Trinajstić information content (AvgIpc) is 2.99. The summed E-state index contributed by atoms with van der Waals surface area (Å²) in [5, 5.41) is 0. The fourth-order valence-electron chi connectivity index (χ4n) is 1.69. The van der Waals surface area contributed by atoms with E-state index in [0.717, 1.165) is 18.4 Å². The highest BCUT2D eigenvalue weighted by Crippen LogP contribution is 2.33. The molecule has 2 rings (SSSR count). The molecule has 1 aliphatic carbocycles. The van der Waals surface area contributed by atoms with Gasteiger partial charge in [0.25, 0.3) is 0 Å². The minimum absolute atomic E-state index is 0.213. The first-order valence-corrected chi connectivity index (χ1v) is 5.11. The van der Waals surface area contributed by atoms with Crippen LogP contribution in [-0.2, 0) is 6.42 Å². The summed E-state index contributed by atoms with van der Waals surface area (Å²) in [6.07, 6.45) is 7.00. The molecular formula is C11H15FN2. The van der Waals surface area contributed by atoms with Crippen molar-refractivity contribution in [2.75, 3.05) is 0 Å². The van der Waals surface area contributed by atoms with E-state index in [9.17, 15) is 4.39 Å². The first-order chi connectivity index (χ1) is 6.77. The summed E-state index contributed by atoms with van der Waals surface area (Å²) in [6.45, 7) is 0. The normalized spacial score (nSPS) is 18.1. The zero-order valence-electron chi connectivity index (χ0n) is 8.12. The van der Waals surface area contributed by atoms with Gasteiger partial charge in [0, 0.05) is 12.2 Å². The minimum atomic E-state index is -0.213. The molecule has 2 N–H and O–H groups in total. The minimum Gasteiger partial charge on any atom is -0.327 e. The van der Waals surface area contributed by atoms with Crippen LogP contribution in [0.3, 0.4) is 0 Å². The van der Waals surface area contributed by atoms with Crippen LogP contribution >= 0.6 is 0 Å². The lowest BCUT2D eigenvalue weighted by Crippen LogP contribution is -2.23. The second-order valence-electron chi connectivity index (χ2n) is 4.01. The molecule has 0 aromatic carbocycles. The van der Waals surface area contributed by atoms with Crippen molar-refractivity contribution in [2.24, 2.45) is 11.7 Å². The van der Waals surface area contributed by atoms with Crippen LogP contribution in [0.25, 0.3) is 0 Å². The topological polar surface area (TPSA) is 38.9 Å². The predicted octanol–water partition coefficient (Wildman–Crippen LogP) is 1.89. The maximum absolute atomic E-state index is 13.2. The first kappa shape index (κ1) is 9.59. The van der Waals surface area contributed by atoms with Crippen LogP contribution in [0, 0.1) is 11.7 Å². The van der Waals surface area contributed by atoms with Gasteiger partial charge in [-0.2, -0.15) is 0 Å². The van der Waals surface area contributed by atoms with E-state index in [4.69, 9.17) is 5.73 Å². The van der Waals surface area contributed by atoms with Crippen molar-refractivity contribution < 1.29 is 4.39 Å². The van der Waals surface area contributed by atoms with E-state index in [1.54, 1.807) is 12.3 Å². The lowest BCUT2D eigenvalue weighted by atomic mass is 10.0. The molecule has 1 atom stereocenters. The highest BCUT2D eigenvalue weighted by molar-refractivity contribution is 5.12. The number of nitrogens with two attached hydrogens (primary N) is 1. The lowest BCUT2D eigenvalue weighted by molar-refractivity contribution is 0.534. The fraction of sp³-hybridized carbons (Fsp3) is 0.545. The lowest BCUT2D eigenvalue weighted by Gasteiger charge is -2.09. The SMILES string of the molecule is NC(CCc1ccncc1F)C1CC1. The van der Waals surface area contributed by atoms with Crippen molar-refractivity contribution >= 4 is 0 Å². The summed E-state index contributed by atoms with van der Waals surface area (Å²) in [7, 11) is 0. The van der Waals surface area contributed by atoms with Crippen molar-refractivity contribution in [3.8, 4) is 0 Å². The third-order valence-corrected chi connectivity index (χ3v) is 2.83. The molecule has 0 saturated heterocycles. The van der Waals surface area contributed by atoms with Gasteiger partial charge in [-0.25, -0.2) is 4.39 Å². The number of pyridine rings is 1. The zero-order valence-corrected chi connectivity index (χ0v) is 8.12. The Balaban J connectivity index is 1.87. The first-order valence-electron chi connectivity index (χ1n) is 5.11. The molecule has 1 heterocycles. The summed E-state index contributed by atoms with van der Waals surface area (Å²) < 4.78 is 13.2. The molecule has 3 heteroatoms. The van der Waals surface area contributed by atoms with E-state index in [1.165, 1.54) is 19.0 Å². The molecule has 1 unspecified atom stereocenters. The van der Waals surface area contributed by atoms with Crippen LogP contribution in [0.4, 0.5) is 4.39 Å². The van der Waals surface area contributed by atoms with Crippen LogP contribution in [0.1, 0.15) is 24.8 Å². The number of nitrogens with zero attached hydrogens (tertiary/aromatic N) is 1. The second kappa shape index (κ2) is 4.05. The van der Waals surface area contributed by atoms with Crippen LogP contribution in [-0.4, -0.2) is 11.0 Å².